The smallest absolute Gasteiger partial charge is 0.260 e. The normalized spacial score (nSPS) is 14.6. The minimum Gasteiger partial charge on any atom is -0.385 e. The van der Waals surface area contributed by atoms with Crippen LogP contribution < -0.4 is 11.3 Å². The molecule has 2 aromatic rings. The zero-order valence-electron chi connectivity index (χ0n) is 10.4. The number of nitrogens with zero attached hydrogens (tertiary/aromatic N) is 1. The van der Waals surface area contributed by atoms with Gasteiger partial charge in [-0.25, -0.2) is 0 Å². The van der Waals surface area contributed by atoms with Gasteiger partial charge in [0.1, 0.15) is 5.82 Å². The Bertz CT molecular complexity index is 664. The Labute approximate surface area is 108 Å². The van der Waals surface area contributed by atoms with Crippen molar-refractivity contribution in [2.24, 2.45) is 0 Å². The van der Waals surface area contributed by atoms with Crippen LogP contribution in [0.4, 0.5) is 5.82 Å². The lowest BCUT2D eigenvalue weighted by atomic mass is 10.1. The minimum atomic E-state index is -0.976. The number of benzene rings is 1. The number of rotatable bonds is 3. The van der Waals surface area contributed by atoms with Gasteiger partial charge >= 0.3 is 0 Å². The molecule has 2 unspecified atom stereocenters. The summed E-state index contributed by atoms with van der Waals surface area (Å²) in [6, 6.07) is 9.11. The first-order valence-electron chi connectivity index (χ1n) is 5.71. The van der Waals surface area contributed by atoms with E-state index in [2.05, 4.69) is 0 Å². The number of nitrogens with two attached hydrogens (primary N) is 1. The van der Waals surface area contributed by atoms with Crippen LogP contribution in [-0.4, -0.2) is 20.3 Å². The summed E-state index contributed by atoms with van der Waals surface area (Å²) in [5.41, 5.74) is 5.78. The summed E-state index contributed by atoms with van der Waals surface area (Å²) in [4.78, 5) is 12.3. The third-order valence-electron chi connectivity index (χ3n) is 3.06. The second-order valence-electron chi connectivity index (χ2n) is 4.38. The van der Waals surface area contributed by atoms with Gasteiger partial charge in [0, 0.05) is 34.2 Å². The van der Waals surface area contributed by atoms with Gasteiger partial charge in [-0.05, 0) is 24.4 Å². The quantitative estimate of drug-likeness (QED) is 0.910. The van der Waals surface area contributed by atoms with E-state index in [1.165, 1.54) is 4.57 Å². The van der Waals surface area contributed by atoms with Crippen molar-refractivity contribution in [3.8, 4) is 0 Å². The first-order chi connectivity index (χ1) is 8.50. The summed E-state index contributed by atoms with van der Waals surface area (Å²) < 4.78 is 12.9. The molecule has 0 aliphatic rings. The molecule has 18 heavy (non-hydrogen) atoms. The molecule has 2 atom stereocenters. The van der Waals surface area contributed by atoms with Gasteiger partial charge in [0.25, 0.3) is 5.56 Å². The molecule has 1 heterocycles. The first kappa shape index (κ1) is 12.8. The predicted octanol–water partition coefficient (Wildman–Crippen LogP) is 1.35. The maximum Gasteiger partial charge on any atom is 0.260 e. The SMILES string of the molecule is CC(Cn1c(N)cc2ccccc2c1=O)S(C)=O. The van der Waals surface area contributed by atoms with E-state index in [1.807, 2.05) is 25.1 Å². The van der Waals surface area contributed by atoms with Crippen molar-refractivity contribution in [1.29, 1.82) is 0 Å². The van der Waals surface area contributed by atoms with E-state index in [0.29, 0.717) is 17.7 Å². The fourth-order valence-electron chi connectivity index (χ4n) is 1.87. The van der Waals surface area contributed by atoms with Crippen LogP contribution in [0.2, 0.25) is 0 Å². The molecule has 0 amide bonds. The maximum absolute atomic E-state index is 12.3. The number of fused-ring (bicyclic) bond motifs is 1. The summed E-state index contributed by atoms with van der Waals surface area (Å²) >= 11 is 0. The van der Waals surface area contributed by atoms with Crippen LogP contribution in [-0.2, 0) is 17.3 Å². The molecule has 0 saturated heterocycles. The molecule has 0 aliphatic heterocycles. The standard InChI is InChI=1S/C13H16N2O2S/c1-9(18(2)17)8-15-12(14)7-10-5-3-4-6-11(10)13(15)16/h3-7,9H,8,14H2,1-2H3. The Kier molecular flexibility index (Phi) is 3.52. The van der Waals surface area contributed by atoms with Gasteiger partial charge in [-0.3, -0.25) is 13.6 Å². The molecular formula is C13H16N2O2S. The van der Waals surface area contributed by atoms with Crippen molar-refractivity contribution in [3.63, 3.8) is 0 Å². The van der Waals surface area contributed by atoms with Crippen molar-refractivity contribution in [2.45, 2.75) is 18.7 Å². The number of anilines is 1. The Morgan fingerprint density at radius 2 is 2.06 bits per heavy atom. The van der Waals surface area contributed by atoms with Crippen LogP contribution >= 0.6 is 0 Å². The molecule has 5 heteroatoms. The Hall–Kier alpha value is -1.62. The molecule has 1 aromatic heterocycles. The average Bonchev–Trinajstić information content (AvgIpc) is 2.34. The largest absolute Gasteiger partial charge is 0.385 e. The fraction of sp³-hybridized carbons (Fsp3) is 0.308. The highest BCUT2D eigenvalue weighted by atomic mass is 32.2. The van der Waals surface area contributed by atoms with E-state index < -0.39 is 10.8 Å². The molecular weight excluding hydrogens is 248 g/mol. The molecule has 2 rings (SSSR count). The number of pyridine rings is 1. The zero-order chi connectivity index (χ0) is 13.3. The van der Waals surface area contributed by atoms with Crippen molar-refractivity contribution in [2.75, 3.05) is 12.0 Å². The highest BCUT2D eigenvalue weighted by molar-refractivity contribution is 7.84. The molecule has 0 aliphatic carbocycles. The van der Waals surface area contributed by atoms with Crippen LogP contribution in [0.15, 0.2) is 35.1 Å². The summed E-state index contributed by atoms with van der Waals surface area (Å²) in [6.07, 6.45) is 1.63. The van der Waals surface area contributed by atoms with E-state index in [0.717, 1.165) is 5.39 Å². The van der Waals surface area contributed by atoms with Gasteiger partial charge < -0.3 is 5.73 Å². The number of hydrogen-bond acceptors (Lipinski definition) is 3. The molecule has 4 nitrogen and oxygen atoms in total. The van der Waals surface area contributed by atoms with Gasteiger partial charge in [-0.2, -0.15) is 0 Å². The fourth-order valence-corrected chi connectivity index (χ4v) is 2.23. The van der Waals surface area contributed by atoms with Gasteiger partial charge in [0.05, 0.1) is 0 Å². The second kappa shape index (κ2) is 4.94. The van der Waals surface area contributed by atoms with E-state index >= 15 is 0 Å². The van der Waals surface area contributed by atoms with Gasteiger partial charge in [-0.15, -0.1) is 0 Å². The lowest BCUT2D eigenvalue weighted by Crippen LogP contribution is -2.29. The van der Waals surface area contributed by atoms with Gasteiger partial charge in [-0.1, -0.05) is 18.2 Å². The van der Waals surface area contributed by atoms with Gasteiger partial charge in [0.15, 0.2) is 0 Å². The predicted molar refractivity (Wildman–Crippen MR) is 76.1 cm³/mol. The van der Waals surface area contributed by atoms with Crippen molar-refractivity contribution >= 4 is 27.4 Å². The van der Waals surface area contributed by atoms with E-state index in [4.69, 9.17) is 5.73 Å². The van der Waals surface area contributed by atoms with E-state index in [1.54, 1.807) is 18.4 Å². The number of nitrogen functional groups attached to an aromatic ring is 1. The van der Waals surface area contributed by atoms with Crippen LogP contribution in [0.25, 0.3) is 10.8 Å². The molecule has 2 N–H and O–H groups in total. The summed E-state index contributed by atoms with van der Waals surface area (Å²) in [5.74, 6) is 0.413. The van der Waals surface area contributed by atoms with Crippen molar-refractivity contribution < 1.29 is 4.21 Å². The average molecular weight is 264 g/mol. The number of hydrogen-bond donors (Lipinski definition) is 1. The second-order valence-corrected chi connectivity index (χ2v) is 6.18. The Morgan fingerprint density at radius 1 is 1.39 bits per heavy atom. The molecule has 0 saturated carbocycles. The zero-order valence-corrected chi connectivity index (χ0v) is 11.2. The van der Waals surface area contributed by atoms with E-state index in [-0.39, 0.29) is 10.8 Å². The van der Waals surface area contributed by atoms with Crippen LogP contribution in [0, 0.1) is 0 Å². The third kappa shape index (κ3) is 2.31. The topological polar surface area (TPSA) is 65.1 Å². The molecule has 0 radical (unpaired) electrons. The Balaban J connectivity index is 2.58. The molecule has 1 aromatic carbocycles. The first-order valence-corrected chi connectivity index (χ1v) is 7.33. The van der Waals surface area contributed by atoms with Crippen molar-refractivity contribution in [3.05, 3.63) is 40.7 Å². The molecule has 0 bridgehead atoms. The van der Waals surface area contributed by atoms with E-state index in [9.17, 15) is 9.00 Å². The lowest BCUT2D eigenvalue weighted by Gasteiger charge is -2.14. The highest BCUT2D eigenvalue weighted by Gasteiger charge is 2.12. The van der Waals surface area contributed by atoms with Gasteiger partial charge in [0.2, 0.25) is 0 Å². The summed E-state index contributed by atoms with van der Waals surface area (Å²) in [7, 11) is -0.976. The lowest BCUT2D eigenvalue weighted by molar-refractivity contribution is 0.638. The molecule has 0 spiro atoms. The van der Waals surface area contributed by atoms with Crippen LogP contribution in [0.1, 0.15) is 6.92 Å². The Morgan fingerprint density at radius 3 is 2.72 bits per heavy atom. The summed E-state index contributed by atoms with van der Waals surface area (Å²) in [5, 5.41) is 1.37. The van der Waals surface area contributed by atoms with Crippen LogP contribution in [0.5, 0.6) is 0 Å². The highest BCUT2D eigenvalue weighted by Crippen LogP contribution is 2.14. The van der Waals surface area contributed by atoms with Crippen molar-refractivity contribution in [1.82, 2.24) is 4.57 Å². The molecule has 0 fully saturated rings. The third-order valence-corrected chi connectivity index (χ3v) is 4.34. The summed E-state index contributed by atoms with van der Waals surface area (Å²) in [6.45, 7) is 2.22. The van der Waals surface area contributed by atoms with Crippen LogP contribution in [0.3, 0.4) is 0 Å². The molecule has 96 valence electrons. The maximum atomic E-state index is 12.3. The monoisotopic (exact) mass is 264 g/mol. The minimum absolute atomic E-state index is 0.105. The number of aromatic nitrogens is 1.